The quantitative estimate of drug-likeness (QED) is 0.0832. The van der Waals surface area contributed by atoms with E-state index in [1.807, 2.05) is 0 Å². The number of amides is 3. The van der Waals surface area contributed by atoms with Gasteiger partial charge in [-0.3, -0.25) is 33.7 Å². The number of nitrogens with two attached hydrogens (primary N) is 1. The average molecular weight is 676 g/mol. The summed E-state index contributed by atoms with van der Waals surface area (Å²) >= 11 is 0. The molecular weight excluding hydrogens is 626 g/mol. The van der Waals surface area contributed by atoms with E-state index in [0.717, 1.165) is 12.0 Å². The molecule has 1 heterocycles. The van der Waals surface area contributed by atoms with Crippen LogP contribution in [0.5, 0.6) is 5.75 Å². The largest absolute Gasteiger partial charge is 0.508 e. The van der Waals surface area contributed by atoms with Gasteiger partial charge in [0.2, 0.25) is 17.7 Å². The number of carbonyl (C=O) groups is 5. The van der Waals surface area contributed by atoms with Crippen molar-refractivity contribution in [2.24, 2.45) is 5.73 Å². The van der Waals surface area contributed by atoms with Crippen molar-refractivity contribution in [3.8, 4) is 5.75 Å². The van der Waals surface area contributed by atoms with Crippen molar-refractivity contribution in [3.05, 3.63) is 41.2 Å². The van der Waals surface area contributed by atoms with E-state index < -0.39 is 24.2 Å². The Hall–Kier alpha value is -3.94. The van der Waals surface area contributed by atoms with Crippen LogP contribution in [0.25, 0.3) is 4.85 Å². The summed E-state index contributed by atoms with van der Waals surface area (Å²) < 4.78 is 21.5. The second-order valence-electron chi connectivity index (χ2n) is 11.4. The molecule has 48 heavy (non-hydrogen) atoms. The highest BCUT2D eigenvalue weighted by atomic mass is 16.5. The number of nitrogens with one attached hydrogen (secondary N) is 2. The fourth-order valence-electron chi connectivity index (χ4n) is 4.75. The van der Waals surface area contributed by atoms with Gasteiger partial charge in [-0.15, -0.1) is 0 Å². The minimum absolute atomic E-state index is 0.0423. The summed E-state index contributed by atoms with van der Waals surface area (Å²) in [5.41, 5.74) is 6.74. The molecule has 0 aliphatic carbocycles. The predicted molar refractivity (Wildman–Crippen MR) is 173 cm³/mol. The van der Waals surface area contributed by atoms with Gasteiger partial charge >= 0.3 is 6.17 Å². The summed E-state index contributed by atoms with van der Waals surface area (Å²) in [7, 11) is 0. The minimum atomic E-state index is -0.812. The monoisotopic (exact) mass is 675 g/mol. The molecule has 1 aromatic carbocycles. The van der Waals surface area contributed by atoms with Crippen molar-refractivity contribution < 1.29 is 48.0 Å². The number of hydrogen-bond acceptors (Lipinski definition) is 11. The Morgan fingerprint density at radius 3 is 2.31 bits per heavy atom. The van der Waals surface area contributed by atoms with Crippen LogP contribution < -0.4 is 16.4 Å². The van der Waals surface area contributed by atoms with Gasteiger partial charge in [0.15, 0.2) is 11.6 Å². The van der Waals surface area contributed by atoms with Gasteiger partial charge in [0.25, 0.3) is 0 Å². The lowest BCUT2D eigenvalue weighted by Crippen LogP contribution is -2.45. The summed E-state index contributed by atoms with van der Waals surface area (Å²) in [6.45, 7) is 10.6. The van der Waals surface area contributed by atoms with Crippen molar-refractivity contribution in [2.75, 3.05) is 65.9 Å². The third-order valence-electron chi connectivity index (χ3n) is 7.41. The molecule has 0 aromatic heterocycles. The number of ketones is 2. The molecule has 0 radical (unpaired) electrons. The Morgan fingerprint density at radius 1 is 0.958 bits per heavy atom. The maximum absolute atomic E-state index is 12.4. The lowest BCUT2D eigenvalue weighted by molar-refractivity contribution is -0.133. The fraction of sp³-hybridized carbons (Fsp3) is 0.636. The van der Waals surface area contributed by atoms with Gasteiger partial charge in [0.05, 0.1) is 45.1 Å². The Bertz CT molecular complexity index is 1210. The van der Waals surface area contributed by atoms with Crippen LogP contribution in [0.1, 0.15) is 51.0 Å². The van der Waals surface area contributed by atoms with Crippen LogP contribution in [0.15, 0.2) is 24.3 Å². The van der Waals surface area contributed by atoms with Crippen LogP contribution in [0.4, 0.5) is 0 Å². The summed E-state index contributed by atoms with van der Waals surface area (Å²) in [6.07, 6.45) is 2.38. The van der Waals surface area contributed by atoms with Crippen LogP contribution in [-0.2, 0) is 49.3 Å². The molecule has 15 heteroatoms. The first-order valence-corrected chi connectivity index (χ1v) is 16.2. The normalized spacial score (nSPS) is 15.4. The Balaban J connectivity index is 1.38. The standard InChI is InChI=1S/C33H49N5O10/c1-24(39)29(21-25-7-9-26(40)10-8-25)37-32(43)23-48-20-17-45-15-4-5-27(41)22-47-19-18-46-16-13-36-31(42)12-11-28(34)33(44)38-14-3-6-30(38)35-2/h7-10,28-30,40H,3-6,11-23,34H2,1H3,(H,36,42)(H,37,43)/t28-,29-,30-/m0/s1. The van der Waals surface area contributed by atoms with Crippen molar-refractivity contribution in [1.29, 1.82) is 0 Å². The molecule has 0 unspecified atom stereocenters. The van der Waals surface area contributed by atoms with E-state index in [0.29, 0.717) is 32.4 Å². The first-order valence-electron chi connectivity index (χ1n) is 16.2. The lowest BCUT2D eigenvalue weighted by atomic mass is 10.0. The molecule has 3 amide bonds. The lowest BCUT2D eigenvalue weighted by Gasteiger charge is -2.20. The van der Waals surface area contributed by atoms with Crippen LogP contribution >= 0.6 is 0 Å². The van der Waals surface area contributed by atoms with Gasteiger partial charge in [-0.25, -0.2) is 6.57 Å². The van der Waals surface area contributed by atoms with Crippen LogP contribution in [0, 0.1) is 6.57 Å². The van der Waals surface area contributed by atoms with E-state index in [1.165, 1.54) is 24.0 Å². The topological polar surface area (TPSA) is 200 Å². The predicted octanol–water partition coefficient (Wildman–Crippen LogP) is 0.516. The Morgan fingerprint density at radius 2 is 1.62 bits per heavy atom. The average Bonchev–Trinajstić information content (AvgIpc) is 3.55. The number of aromatic hydroxyl groups is 1. The molecule has 0 bridgehead atoms. The van der Waals surface area contributed by atoms with E-state index in [1.54, 1.807) is 12.1 Å². The number of phenols is 1. The van der Waals surface area contributed by atoms with E-state index in [-0.39, 0.29) is 101 Å². The summed E-state index contributed by atoms with van der Waals surface area (Å²) in [4.78, 5) is 65.4. The maximum atomic E-state index is 12.4. The molecular formula is C33H49N5O10. The third-order valence-corrected chi connectivity index (χ3v) is 7.41. The molecule has 0 spiro atoms. The van der Waals surface area contributed by atoms with Gasteiger partial charge in [-0.2, -0.15) is 0 Å². The molecule has 1 fully saturated rings. The van der Waals surface area contributed by atoms with E-state index >= 15 is 0 Å². The number of hydrogen-bond donors (Lipinski definition) is 4. The molecule has 1 aromatic rings. The molecule has 2 rings (SSSR count). The number of Topliss-reactive ketones (excluding diaryl/α,β-unsaturated/α-hetero) is 2. The van der Waals surface area contributed by atoms with Crippen LogP contribution in [-0.4, -0.2) is 123 Å². The Kier molecular flexibility index (Phi) is 19.6. The number of phenolic OH excluding ortho intramolecular Hbond substituents is 1. The number of nitrogens with zero attached hydrogens (tertiary/aromatic N) is 2. The van der Waals surface area contributed by atoms with E-state index in [2.05, 4.69) is 15.5 Å². The number of ether oxygens (including phenoxy) is 4. The summed E-state index contributed by atoms with van der Waals surface area (Å²) in [5.74, 6) is -1.09. The first kappa shape index (κ1) is 40.2. The maximum Gasteiger partial charge on any atom is 0.300 e. The van der Waals surface area contributed by atoms with E-state index in [9.17, 15) is 29.1 Å². The number of carbonyl (C=O) groups excluding carboxylic acids is 5. The highest BCUT2D eigenvalue weighted by molar-refractivity contribution is 5.88. The van der Waals surface area contributed by atoms with Gasteiger partial charge in [0.1, 0.15) is 19.0 Å². The van der Waals surface area contributed by atoms with Crippen molar-refractivity contribution in [2.45, 2.75) is 70.1 Å². The minimum Gasteiger partial charge on any atom is -0.508 e. The van der Waals surface area contributed by atoms with Crippen LogP contribution in [0.2, 0.25) is 0 Å². The molecule has 1 saturated heterocycles. The van der Waals surface area contributed by atoms with Gasteiger partial charge in [0, 0.05) is 39.0 Å². The summed E-state index contributed by atoms with van der Waals surface area (Å²) in [6, 6.07) is 4.91. The van der Waals surface area contributed by atoms with Crippen molar-refractivity contribution in [3.63, 3.8) is 0 Å². The highest BCUT2D eigenvalue weighted by Crippen LogP contribution is 2.19. The smallest absolute Gasteiger partial charge is 0.300 e. The molecule has 0 saturated carbocycles. The van der Waals surface area contributed by atoms with Gasteiger partial charge in [-0.1, -0.05) is 12.1 Å². The fourth-order valence-corrected chi connectivity index (χ4v) is 4.75. The Labute approximate surface area is 281 Å². The zero-order valence-corrected chi connectivity index (χ0v) is 27.7. The number of likely N-dealkylation sites (tertiary alicyclic amines) is 1. The second kappa shape index (κ2) is 23.4. The second-order valence-corrected chi connectivity index (χ2v) is 11.4. The number of rotatable bonds is 25. The van der Waals surface area contributed by atoms with E-state index in [4.69, 9.17) is 31.3 Å². The summed E-state index contributed by atoms with van der Waals surface area (Å²) in [5, 5.41) is 14.7. The molecule has 1 aliphatic heterocycles. The van der Waals surface area contributed by atoms with Crippen molar-refractivity contribution >= 4 is 29.3 Å². The molecule has 5 N–H and O–H groups in total. The molecule has 3 atom stereocenters. The van der Waals surface area contributed by atoms with Crippen molar-refractivity contribution in [1.82, 2.24) is 15.5 Å². The van der Waals surface area contributed by atoms with Crippen LogP contribution in [0.3, 0.4) is 0 Å². The zero-order chi connectivity index (χ0) is 35.1. The molecule has 15 nitrogen and oxygen atoms in total. The molecule has 266 valence electrons. The zero-order valence-electron chi connectivity index (χ0n) is 27.7. The molecule has 1 aliphatic rings. The van der Waals surface area contributed by atoms with Gasteiger partial charge < -0.3 is 40.4 Å². The third kappa shape index (κ3) is 16.8. The highest BCUT2D eigenvalue weighted by Gasteiger charge is 2.35. The number of benzene rings is 1. The SMILES string of the molecule is [C-]#[N+][C@@H]1CCCN1C(=O)[C@@H](N)CCC(=O)NCCOCCOCC(=O)CCCOCCOCC(=O)N[C@@H](Cc1ccc(O)cc1)C(C)=O. The first-order chi connectivity index (χ1) is 23.1. The van der Waals surface area contributed by atoms with Gasteiger partial charge in [-0.05, 0) is 50.3 Å².